The fourth-order valence-electron chi connectivity index (χ4n) is 1.40. The van der Waals surface area contributed by atoms with Crippen molar-refractivity contribution in [2.75, 3.05) is 0 Å². The van der Waals surface area contributed by atoms with Gasteiger partial charge in [-0.25, -0.2) is 4.79 Å². The molecule has 7 nitrogen and oxygen atoms in total. The van der Waals surface area contributed by atoms with Crippen LogP contribution in [0.3, 0.4) is 0 Å². The predicted octanol–water partition coefficient (Wildman–Crippen LogP) is 1.50. The number of rotatable bonds is 4. The maximum Gasteiger partial charge on any atom is 0.336 e. The molecule has 0 aromatic heterocycles. The number of nitro benzene ring substituents is 1. The van der Waals surface area contributed by atoms with Crippen molar-refractivity contribution in [2.24, 2.45) is 5.92 Å². The van der Waals surface area contributed by atoms with Gasteiger partial charge in [-0.05, 0) is 5.56 Å². The van der Waals surface area contributed by atoms with E-state index in [0.29, 0.717) is 0 Å². The summed E-state index contributed by atoms with van der Waals surface area (Å²) in [5, 5.41) is 36.7. The van der Waals surface area contributed by atoms with E-state index in [1.165, 1.54) is 6.07 Å². The van der Waals surface area contributed by atoms with E-state index >= 15 is 0 Å². The van der Waals surface area contributed by atoms with E-state index in [-0.39, 0.29) is 23.2 Å². The second-order valence-electron chi connectivity index (χ2n) is 3.42. The monoisotopic (exact) mass is 245 g/mol. The summed E-state index contributed by atoms with van der Waals surface area (Å²) in [4.78, 5) is 20.8. The standard InChI is InChI=1S/C11H7N3O4/c12-5-7(6-13)3-8-1-2-9(14(17)18)4-10(8)11(15)16/h1-2,4,7H,3H2,(H,15,16). The summed E-state index contributed by atoms with van der Waals surface area (Å²) in [7, 11) is 0. The van der Waals surface area contributed by atoms with E-state index in [1.54, 1.807) is 12.1 Å². The first-order valence-corrected chi connectivity index (χ1v) is 4.79. The second kappa shape index (κ2) is 5.41. The van der Waals surface area contributed by atoms with Gasteiger partial charge in [-0.15, -0.1) is 0 Å². The number of nitro groups is 1. The van der Waals surface area contributed by atoms with Crippen molar-refractivity contribution in [3.8, 4) is 12.1 Å². The molecule has 0 heterocycles. The molecule has 1 aromatic carbocycles. The summed E-state index contributed by atoms with van der Waals surface area (Å²) < 4.78 is 0. The third-order valence-corrected chi connectivity index (χ3v) is 2.27. The van der Waals surface area contributed by atoms with Crippen molar-refractivity contribution < 1.29 is 14.8 Å². The number of aromatic carboxylic acids is 1. The average molecular weight is 245 g/mol. The molecule has 0 aliphatic heterocycles. The molecule has 0 unspecified atom stereocenters. The van der Waals surface area contributed by atoms with Crippen molar-refractivity contribution >= 4 is 11.7 Å². The van der Waals surface area contributed by atoms with Gasteiger partial charge in [0, 0.05) is 18.6 Å². The third kappa shape index (κ3) is 2.80. The van der Waals surface area contributed by atoms with E-state index in [4.69, 9.17) is 15.6 Å². The molecule has 0 fully saturated rings. The number of carbonyl (C=O) groups is 1. The Labute approximate surface area is 102 Å². The van der Waals surface area contributed by atoms with Crippen LogP contribution < -0.4 is 0 Å². The highest BCUT2D eigenvalue weighted by Gasteiger charge is 2.18. The maximum atomic E-state index is 11.0. The van der Waals surface area contributed by atoms with Crippen LogP contribution in [0, 0.1) is 38.7 Å². The molecular weight excluding hydrogens is 238 g/mol. The molecule has 0 aliphatic carbocycles. The topological polar surface area (TPSA) is 128 Å². The fourth-order valence-corrected chi connectivity index (χ4v) is 1.40. The third-order valence-electron chi connectivity index (χ3n) is 2.27. The minimum absolute atomic E-state index is 0.0768. The van der Waals surface area contributed by atoms with Crippen LogP contribution in [0.1, 0.15) is 15.9 Å². The largest absolute Gasteiger partial charge is 0.478 e. The van der Waals surface area contributed by atoms with Crippen molar-refractivity contribution in [3.05, 3.63) is 39.4 Å². The van der Waals surface area contributed by atoms with E-state index in [2.05, 4.69) is 0 Å². The molecule has 1 N–H and O–H groups in total. The normalized spacial score (nSPS) is 9.50. The van der Waals surface area contributed by atoms with Gasteiger partial charge in [-0.2, -0.15) is 10.5 Å². The van der Waals surface area contributed by atoms with Crippen LogP contribution in [0.25, 0.3) is 0 Å². The zero-order chi connectivity index (χ0) is 13.7. The van der Waals surface area contributed by atoms with Gasteiger partial charge in [0.05, 0.1) is 22.6 Å². The van der Waals surface area contributed by atoms with Crippen LogP contribution in [0.15, 0.2) is 18.2 Å². The molecule has 90 valence electrons. The SMILES string of the molecule is N#CC(C#N)Cc1ccc([N+](=O)[O-])cc1C(=O)O. The summed E-state index contributed by atoms with van der Waals surface area (Å²) in [5.41, 5.74) is -0.387. The first-order chi connectivity index (χ1) is 8.49. The van der Waals surface area contributed by atoms with Crippen LogP contribution in [0.4, 0.5) is 5.69 Å². The predicted molar refractivity (Wildman–Crippen MR) is 58.5 cm³/mol. The first kappa shape index (κ1) is 13.1. The lowest BCUT2D eigenvalue weighted by molar-refractivity contribution is -0.384. The summed E-state index contributed by atoms with van der Waals surface area (Å²) in [6.45, 7) is 0. The Morgan fingerprint density at radius 3 is 2.50 bits per heavy atom. The van der Waals surface area contributed by atoms with Gasteiger partial charge in [-0.3, -0.25) is 10.1 Å². The molecular formula is C11H7N3O4. The van der Waals surface area contributed by atoms with Crippen molar-refractivity contribution in [1.82, 2.24) is 0 Å². The van der Waals surface area contributed by atoms with Crippen molar-refractivity contribution in [2.45, 2.75) is 6.42 Å². The van der Waals surface area contributed by atoms with Crippen LogP contribution in [-0.2, 0) is 6.42 Å². The van der Waals surface area contributed by atoms with Crippen molar-refractivity contribution in [1.29, 1.82) is 10.5 Å². The molecule has 18 heavy (non-hydrogen) atoms. The minimum atomic E-state index is -1.33. The Bertz CT molecular complexity index is 569. The van der Waals surface area contributed by atoms with Gasteiger partial charge >= 0.3 is 5.97 Å². The molecule has 0 aliphatic rings. The lowest BCUT2D eigenvalue weighted by Gasteiger charge is -2.05. The minimum Gasteiger partial charge on any atom is -0.478 e. The van der Waals surface area contributed by atoms with Crippen LogP contribution in [0.5, 0.6) is 0 Å². The van der Waals surface area contributed by atoms with Crippen LogP contribution in [-0.4, -0.2) is 16.0 Å². The number of benzene rings is 1. The van der Waals surface area contributed by atoms with Gasteiger partial charge in [-0.1, -0.05) is 6.07 Å². The molecule has 7 heteroatoms. The number of carboxylic acid groups (broad SMARTS) is 1. The molecule has 0 spiro atoms. The van der Waals surface area contributed by atoms with E-state index in [1.807, 2.05) is 0 Å². The Balaban J connectivity index is 3.21. The molecule has 0 radical (unpaired) electrons. The molecule has 0 saturated heterocycles. The Hall–Kier alpha value is -2.93. The fraction of sp³-hybridized carbons (Fsp3) is 0.182. The number of hydrogen-bond donors (Lipinski definition) is 1. The number of hydrogen-bond acceptors (Lipinski definition) is 5. The summed E-state index contributed by atoms with van der Waals surface area (Å²) >= 11 is 0. The summed E-state index contributed by atoms with van der Waals surface area (Å²) in [6, 6.07) is 6.75. The van der Waals surface area contributed by atoms with Gasteiger partial charge in [0.2, 0.25) is 0 Å². The molecule has 0 atom stereocenters. The molecule has 0 saturated carbocycles. The molecule has 0 bridgehead atoms. The first-order valence-electron chi connectivity index (χ1n) is 4.79. The second-order valence-corrected chi connectivity index (χ2v) is 3.42. The zero-order valence-electron chi connectivity index (χ0n) is 9.03. The maximum absolute atomic E-state index is 11.0. The molecule has 0 amide bonds. The highest BCUT2D eigenvalue weighted by Crippen LogP contribution is 2.20. The lowest BCUT2D eigenvalue weighted by atomic mass is 9.97. The van der Waals surface area contributed by atoms with Crippen LogP contribution >= 0.6 is 0 Å². The Morgan fingerprint density at radius 2 is 2.06 bits per heavy atom. The average Bonchev–Trinajstić information content (AvgIpc) is 2.35. The van der Waals surface area contributed by atoms with Crippen molar-refractivity contribution in [3.63, 3.8) is 0 Å². The Kier molecular flexibility index (Phi) is 3.95. The van der Waals surface area contributed by atoms with Crippen LogP contribution in [0.2, 0.25) is 0 Å². The van der Waals surface area contributed by atoms with E-state index in [9.17, 15) is 14.9 Å². The highest BCUT2D eigenvalue weighted by atomic mass is 16.6. The zero-order valence-corrected chi connectivity index (χ0v) is 9.03. The smallest absolute Gasteiger partial charge is 0.336 e. The quantitative estimate of drug-likeness (QED) is 0.632. The number of carboxylic acids is 1. The summed E-state index contributed by atoms with van der Waals surface area (Å²) in [6.07, 6.45) is -0.0768. The number of non-ortho nitro benzene ring substituents is 1. The Morgan fingerprint density at radius 1 is 1.44 bits per heavy atom. The summed E-state index contributed by atoms with van der Waals surface area (Å²) in [5.74, 6) is -2.31. The highest BCUT2D eigenvalue weighted by molar-refractivity contribution is 5.90. The van der Waals surface area contributed by atoms with E-state index in [0.717, 1.165) is 12.1 Å². The van der Waals surface area contributed by atoms with Gasteiger partial charge in [0.1, 0.15) is 5.92 Å². The van der Waals surface area contributed by atoms with Gasteiger partial charge < -0.3 is 5.11 Å². The lowest BCUT2D eigenvalue weighted by Crippen LogP contribution is -2.07. The molecule has 1 aromatic rings. The number of nitriles is 2. The van der Waals surface area contributed by atoms with Gasteiger partial charge in [0.25, 0.3) is 5.69 Å². The number of nitrogens with zero attached hydrogens (tertiary/aromatic N) is 3. The van der Waals surface area contributed by atoms with E-state index < -0.39 is 16.8 Å². The van der Waals surface area contributed by atoms with Gasteiger partial charge in [0.15, 0.2) is 0 Å². The molecule has 1 rings (SSSR count).